The first-order valence-corrected chi connectivity index (χ1v) is 9.19. The number of aromatic nitrogens is 1. The van der Waals surface area contributed by atoms with Gasteiger partial charge in [-0.25, -0.2) is 14.2 Å². The molecule has 0 unspecified atom stereocenters. The second-order valence-electron chi connectivity index (χ2n) is 7.10. The van der Waals surface area contributed by atoms with Gasteiger partial charge in [-0.3, -0.25) is 4.79 Å². The maximum absolute atomic E-state index is 13.6. The lowest BCUT2D eigenvalue weighted by molar-refractivity contribution is 0.0923. The van der Waals surface area contributed by atoms with Crippen LogP contribution in [0.15, 0.2) is 12.3 Å². The van der Waals surface area contributed by atoms with Crippen molar-refractivity contribution in [1.29, 1.82) is 0 Å². The molecule has 150 valence electrons. The SMILES string of the molecule is CN(C)CCCNc1ncc(F)cc1C(=O)N[C@H]1CC[C@@H](NC(=O)O)CC1. The van der Waals surface area contributed by atoms with E-state index in [9.17, 15) is 14.0 Å². The topological polar surface area (TPSA) is 107 Å². The zero-order chi connectivity index (χ0) is 19.8. The van der Waals surface area contributed by atoms with Crippen molar-refractivity contribution in [2.75, 3.05) is 32.5 Å². The molecule has 0 bridgehead atoms. The highest BCUT2D eigenvalue weighted by Crippen LogP contribution is 2.20. The third-order valence-corrected chi connectivity index (χ3v) is 4.56. The standard InChI is InChI=1S/C18H28FN5O3/c1-24(2)9-3-8-20-16-15(10-12(19)11-21-16)17(25)22-13-4-6-14(7-5-13)23-18(26)27/h10-11,13-14,23H,3-9H2,1-2H3,(H,20,21)(H,22,25)(H,26,27)/t13-,14+. The average molecular weight is 381 g/mol. The molecule has 0 radical (unpaired) electrons. The Morgan fingerprint density at radius 2 is 1.85 bits per heavy atom. The van der Waals surface area contributed by atoms with E-state index in [1.54, 1.807) is 0 Å². The van der Waals surface area contributed by atoms with E-state index in [4.69, 9.17) is 5.11 Å². The molecule has 0 aromatic carbocycles. The molecule has 0 spiro atoms. The Morgan fingerprint density at radius 3 is 2.44 bits per heavy atom. The number of carbonyl (C=O) groups is 2. The molecular weight excluding hydrogens is 353 g/mol. The fourth-order valence-electron chi connectivity index (χ4n) is 3.18. The van der Waals surface area contributed by atoms with Crippen molar-refractivity contribution in [3.05, 3.63) is 23.6 Å². The molecule has 0 aliphatic heterocycles. The first-order chi connectivity index (χ1) is 12.8. The Morgan fingerprint density at radius 1 is 1.22 bits per heavy atom. The van der Waals surface area contributed by atoms with E-state index >= 15 is 0 Å². The molecule has 0 atom stereocenters. The highest BCUT2D eigenvalue weighted by Gasteiger charge is 2.25. The number of anilines is 1. The summed E-state index contributed by atoms with van der Waals surface area (Å²) in [5, 5.41) is 17.3. The van der Waals surface area contributed by atoms with E-state index in [2.05, 4.69) is 25.8 Å². The molecule has 4 N–H and O–H groups in total. The van der Waals surface area contributed by atoms with Gasteiger partial charge in [0.2, 0.25) is 0 Å². The number of hydrogen-bond donors (Lipinski definition) is 4. The predicted octanol–water partition coefficient (Wildman–Crippen LogP) is 1.89. The number of halogens is 1. The number of amides is 2. The molecule has 1 aromatic heterocycles. The van der Waals surface area contributed by atoms with Crippen LogP contribution in [0.4, 0.5) is 15.0 Å². The Hall–Kier alpha value is -2.42. The Kier molecular flexibility index (Phi) is 7.78. The highest BCUT2D eigenvalue weighted by molar-refractivity contribution is 5.98. The van der Waals surface area contributed by atoms with E-state index < -0.39 is 11.9 Å². The molecule has 2 amide bonds. The number of nitrogens with zero attached hydrogens (tertiary/aromatic N) is 2. The molecule has 2 rings (SSSR count). The van der Waals surface area contributed by atoms with E-state index in [0.717, 1.165) is 19.2 Å². The Bertz CT molecular complexity index is 648. The van der Waals surface area contributed by atoms with Crippen molar-refractivity contribution in [2.45, 2.75) is 44.2 Å². The van der Waals surface area contributed by atoms with Gasteiger partial charge in [0, 0.05) is 18.6 Å². The van der Waals surface area contributed by atoms with Gasteiger partial charge in [0.05, 0.1) is 11.8 Å². The summed E-state index contributed by atoms with van der Waals surface area (Å²) in [6.07, 6.45) is 3.60. The predicted molar refractivity (Wildman–Crippen MR) is 101 cm³/mol. The zero-order valence-corrected chi connectivity index (χ0v) is 15.8. The van der Waals surface area contributed by atoms with Crippen LogP contribution < -0.4 is 16.0 Å². The molecule has 0 saturated heterocycles. The van der Waals surface area contributed by atoms with Gasteiger partial charge in [0.1, 0.15) is 11.6 Å². The summed E-state index contributed by atoms with van der Waals surface area (Å²) < 4.78 is 13.6. The van der Waals surface area contributed by atoms with Gasteiger partial charge >= 0.3 is 6.09 Å². The van der Waals surface area contributed by atoms with Gasteiger partial charge in [0.25, 0.3) is 5.91 Å². The number of carbonyl (C=O) groups excluding carboxylic acids is 1. The van der Waals surface area contributed by atoms with Gasteiger partial charge < -0.3 is 26.0 Å². The summed E-state index contributed by atoms with van der Waals surface area (Å²) in [6.45, 7) is 1.52. The second kappa shape index (κ2) is 10.1. The number of carboxylic acid groups (broad SMARTS) is 1. The van der Waals surface area contributed by atoms with Crippen molar-refractivity contribution >= 4 is 17.8 Å². The molecule has 27 heavy (non-hydrogen) atoms. The minimum atomic E-state index is -1.03. The maximum Gasteiger partial charge on any atom is 0.404 e. The molecule has 9 heteroatoms. The monoisotopic (exact) mass is 381 g/mol. The van der Waals surface area contributed by atoms with Gasteiger partial charge in [-0.15, -0.1) is 0 Å². The lowest BCUT2D eigenvalue weighted by atomic mass is 9.91. The molecule has 1 saturated carbocycles. The number of hydrogen-bond acceptors (Lipinski definition) is 5. The van der Waals surface area contributed by atoms with Crippen LogP contribution in [0, 0.1) is 5.82 Å². The molecule has 1 aliphatic carbocycles. The largest absolute Gasteiger partial charge is 0.465 e. The van der Waals surface area contributed by atoms with Crippen molar-refractivity contribution in [3.8, 4) is 0 Å². The van der Waals surface area contributed by atoms with Crippen LogP contribution in [0.1, 0.15) is 42.5 Å². The number of nitrogens with one attached hydrogen (secondary N) is 3. The normalized spacial score (nSPS) is 19.6. The molecule has 1 heterocycles. The van der Waals surface area contributed by atoms with Crippen LogP contribution >= 0.6 is 0 Å². The maximum atomic E-state index is 13.6. The van der Waals surface area contributed by atoms with Gasteiger partial charge in [-0.05, 0) is 58.8 Å². The third-order valence-electron chi connectivity index (χ3n) is 4.56. The molecule has 1 aliphatic rings. The van der Waals surface area contributed by atoms with Crippen LogP contribution in [0.2, 0.25) is 0 Å². The molecule has 8 nitrogen and oxygen atoms in total. The first-order valence-electron chi connectivity index (χ1n) is 9.19. The summed E-state index contributed by atoms with van der Waals surface area (Å²) in [5.74, 6) is -0.561. The number of pyridine rings is 1. The highest BCUT2D eigenvalue weighted by atomic mass is 19.1. The van der Waals surface area contributed by atoms with E-state index in [-0.39, 0.29) is 23.6 Å². The van der Waals surface area contributed by atoms with Crippen molar-refractivity contribution < 1.29 is 19.1 Å². The van der Waals surface area contributed by atoms with Crippen LogP contribution in [-0.4, -0.2) is 66.3 Å². The van der Waals surface area contributed by atoms with Crippen LogP contribution in [0.5, 0.6) is 0 Å². The minimum Gasteiger partial charge on any atom is -0.465 e. The quantitative estimate of drug-likeness (QED) is 0.513. The van der Waals surface area contributed by atoms with Crippen LogP contribution in [0.3, 0.4) is 0 Å². The smallest absolute Gasteiger partial charge is 0.404 e. The molecule has 1 fully saturated rings. The summed E-state index contributed by atoms with van der Waals surface area (Å²) in [7, 11) is 3.96. The third kappa shape index (κ3) is 7.01. The zero-order valence-electron chi connectivity index (χ0n) is 15.8. The summed E-state index contributed by atoms with van der Waals surface area (Å²) in [6, 6.07) is 1.04. The van der Waals surface area contributed by atoms with Gasteiger partial charge in [0.15, 0.2) is 0 Å². The molecule has 1 aromatic rings. The Balaban J connectivity index is 1.91. The number of rotatable bonds is 8. The van der Waals surface area contributed by atoms with Crippen molar-refractivity contribution in [2.24, 2.45) is 0 Å². The summed E-state index contributed by atoms with van der Waals surface area (Å²) >= 11 is 0. The summed E-state index contributed by atoms with van der Waals surface area (Å²) in [5.41, 5.74) is 0.186. The van der Waals surface area contributed by atoms with E-state index in [1.165, 1.54) is 6.07 Å². The van der Waals surface area contributed by atoms with Crippen LogP contribution in [0.25, 0.3) is 0 Å². The van der Waals surface area contributed by atoms with Crippen molar-refractivity contribution in [3.63, 3.8) is 0 Å². The van der Waals surface area contributed by atoms with E-state index in [0.29, 0.717) is 38.0 Å². The first kappa shape index (κ1) is 20.9. The van der Waals surface area contributed by atoms with Gasteiger partial charge in [-0.1, -0.05) is 0 Å². The van der Waals surface area contributed by atoms with Crippen molar-refractivity contribution in [1.82, 2.24) is 20.5 Å². The van der Waals surface area contributed by atoms with Crippen LogP contribution in [-0.2, 0) is 0 Å². The average Bonchev–Trinajstić information content (AvgIpc) is 2.60. The summed E-state index contributed by atoms with van der Waals surface area (Å²) in [4.78, 5) is 29.4. The lowest BCUT2D eigenvalue weighted by Gasteiger charge is -2.29. The van der Waals surface area contributed by atoms with E-state index in [1.807, 2.05) is 14.1 Å². The molecular formula is C18H28FN5O3. The lowest BCUT2D eigenvalue weighted by Crippen LogP contribution is -2.43. The van der Waals surface area contributed by atoms with Gasteiger partial charge in [-0.2, -0.15) is 0 Å². The fraction of sp³-hybridized carbons (Fsp3) is 0.611. The second-order valence-corrected chi connectivity index (χ2v) is 7.10. The Labute approximate surface area is 158 Å². The fourth-order valence-corrected chi connectivity index (χ4v) is 3.18. The minimum absolute atomic E-state index is 0.0609.